The molecule has 0 heterocycles. The average Bonchev–Trinajstić information content (AvgIpc) is 1.95. The Morgan fingerprint density at radius 3 is 1.28 bits per heavy atom. The highest BCUT2D eigenvalue weighted by atomic mass is 32.2. The summed E-state index contributed by atoms with van der Waals surface area (Å²) in [7, 11) is 7.30. The van der Waals surface area contributed by atoms with E-state index in [4.69, 9.17) is 9.59 Å². The summed E-state index contributed by atoms with van der Waals surface area (Å²) in [5, 5.41) is 0. The van der Waals surface area contributed by atoms with Crippen LogP contribution in [0.15, 0.2) is 0 Å². The van der Waals surface area contributed by atoms with E-state index < -0.39 is 15.7 Å². The SMILES string of the molecule is CN(C)[S+](N(C)C)N(C)C.[O-][Si](O)(O)OC(F)F. The van der Waals surface area contributed by atoms with Gasteiger partial charge in [-0.1, -0.05) is 12.9 Å². The highest BCUT2D eigenvalue weighted by molar-refractivity contribution is 7.90. The van der Waals surface area contributed by atoms with Crippen LogP contribution in [0.4, 0.5) is 8.78 Å². The van der Waals surface area contributed by atoms with Crippen LogP contribution in [-0.4, -0.2) is 80.5 Å². The van der Waals surface area contributed by atoms with E-state index >= 15 is 0 Å². The Morgan fingerprint density at radius 1 is 1.00 bits per heavy atom. The summed E-state index contributed by atoms with van der Waals surface area (Å²) in [6.45, 7) is -3.41. The predicted octanol–water partition coefficient (Wildman–Crippen LogP) is -1.96. The molecule has 0 unspecified atom stereocenters. The molecule has 0 saturated carbocycles. The second-order valence-electron chi connectivity index (χ2n) is 3.61. The molecule has 0 aromatic heterocycles. The third kappa shape index (κ3) is 12.6. The lowest BCUT2D eigenvalue weighted by atomic mass is 11.2. The lowest BCUT2D eigenvalue weighted by Gasteiger charge is -2.21. The molecule has 0 amide bonds. The van der Waals surface area contributed by atoms with Crippen LogP contribution in [0.3, 0.4) is 0 Å². The van der Waals surface area contributed by atoms with Crippen molar-refractivity contribution in [3.8, 4) is 0 Å². The van der Waals surface area contributed by atoms with Gasteiger partial charge in [0.25, 0.3) is 11.5 Å². The largest absolute Gasteiger partial charge is 0.793 e. The lowest BCUT2D eigenvalue weighted by Crippen LogP contribution is -2.54. The number of nitrogens with zero attached hydrogens (tertiary/aromatic N) is 3. The Bertz CT molecular complexity index is 200. The van der Waals surface area contributed by atoms with Gasteiger partial charge in [0.1, 0.15) is 0 Å². The molecular weight excluding hydrogens is 288 g/mol. The van der Waals surface area contributed by atoms with Gasteiger partial charge in [-0.15, -0.1) is 0 Å². The maximum Gasteiger partial charge on any atom is 0.411 e. The minimum atomic E-state index is -5.22. The summed E-state index contributed by atoms with van der Waals surface area (Å²) in [6, 6.07) is 0. The van der Waals surface area contributed by atoms with Gasteiger partial charge in [-0.3, -0.25) is 0 Å². The zero-order chi connectivity index (χ0) is 15.1. The minimum absolute atomic E-state index is 0.120. The van der Waals surface area contributed by atoms with E-state index in [2.05, 4.69) is 59.6 Å². The van der Waals surface area contributed by atoms with Crippen LogP contribution in [0.2, 0.25) is 0 Å². The fourth-order valence-corrected chi connectivity index (χ4v) is 3.29. The zero-order valence-corrected chi connectivity index (χ0v) is 13.1. The van der Waals surface area contributed by atoms with Crippen LogP contribution in [0.25, 0.3) is 0 Å². The molecule has 11 heteroatoms. The van der Waals surface area contributed by atoms with E-state index in [1.54, 1.807) is 0 Å². The van der Waals surface area contributed by atoms with E-state index in [-0.39, 0.29) is 11.5 Å². The summed E-state index contributed by atoms with van der Waals surface area (Å²) >= 11 is 0.120. The van der Waals surface area contributed by atoms with Gasteiger partial charge in [-0.25, -0.2) is 0 Å². The first-order chi connectivity index (χ1) is 7.88. The monoisotopic (exact) mass is 309 g/mol. The minimum Gasteiger partial charge on any atom is -0.793 e. The molecule has 0 bridgehead atoms. The van der Waals surface area contributed by atoms with Gasteiger partial charge in [-0.2, -0.15) is 8.78 Å². The van der Waals surface area contributed by atoms with E-state index in [0.29, 0.717) is 0 Å². The van der Waals surface area contributed by atoms with Crippen molar-refractivity contribution in [3.05, 3.63) is 0 Å². The van der Waals surface area contributed by atoms with Crippen LogP contribution in [0.5, 0.6) is 0 Å². The number of rotatable bonds is 5. The van der Waals surface area contributed by atoms with Gasteiger partial charge >= 0.3 is 15.7 Å². The van der Waals surface area contributed by atoms with Crippen molar-refractivity contribution < 1.29 is 27.6 Å². The number of hydrogen-bond donors (Lipinski definition) is 2. The fraction of sp³-hybridized carbons (Fsp3) is 1.00. The van der Waals surface area contributed by atoms with Crippen LogP contribution >= 0.6 is 0 Å². The fourth-order valence-electron chi connectivity index (χ4n) is 1.10. The van der Waals surface area contributed by atoms with E-state index in [1.165, 1.54) is 0 Å². The molecule has 0 aromatic carbocycles. The predicted molar refractivity (Wildman–Crippen MR) is 65.7 cm³/mol. The van der Waals surface area contributed by atoms with Gasteiger partial charge in [-0.05, 0) is 0 Å². The van der Waals surface area contributed by atoms with Gasteiger partial charge in [0.15, 0.2) is 0 Å². The van der Waals surface area contributed by atoms with Crippen molar-refractivity contribution in [2.45, 2.75) is 6.61 Å². The van der Waals surface area contributed by atoms with E-state index in [0.717, 1.165) is 0 Å². The molecular formula is C7H21F2N3O4SSi. The average molecular weight is 309 g/mol. The molecule has 0 atom stereocenters. The maximum absolute atomic E-state index is 10.8. The highest BCUT2D eigenvalue weighted by Gasteiger charge is 2.29. The van der Waals surface area contributed by atoms with E-state index in [1.807, 2.05) is 0 Å². The van der Waals surface area contributed by atoms with Crippen molar-refractivity contribution >= 4 is 20.5 Å². The Hall–Kier alpha value is 0.147. The normalized spacial score (nSPS) is 12.7. The standard InChI is InChI=1S/C6H18N3S.CH3F2O4Si/c1-7(2)10(8(3)4)9(5)6;2-1(3)7-8(4,5)6/h1-6H3;1,4-5H/q+1;-1. The Labute approximate surface area is 110 Å². The summed E-state index contributed by atoms with van der Waals surface area (Å²) in [5.74, 6) is 0. The van der Waals surface area contributed by atoms with Gasteiger partial charge < -0.3 is 18.8 Å². The van der Waals surface area contributed by atoms with Crippen LogP contribution in [-0.2, 0) is 15.9 Å². The molecule has 0 spiro atoms. The summed E-state index contributed by atoms with van der Waals surface area (Å²) in [4.78, 5) is 24.7. The third-order valence-electron chi connectivity index (χ3n) is 1.22. The van der Waals surface area contributed by atoms with Gasteiger partial charge in [0.2, 0.25) is 0 Å². The third-order valence-corrected chi connectivity index (χ3v) is 3.67. The molecule has 0 radical (unpaired) electrons. The first-order valence-electron chi connectivity index (χ1n) is 4.76. The summed E-state index contributed by atoms with van der Waals surface area (Å²) in [5.41, 5.74) is 0. The lowest BCUT2D eigenvalue weighted by molar-refractivity contribution is -0.321. The Kier molecular flexibility index (Phi) is 10.4. The molecule has 112 valence electrons. The van der Waals surface area contributed by atoms with Gasteiger partial charge in [0, 0.05) is 42.3 Å². The first-order valence-corrected chi connectivity index (χ1v) is 7.56. The van der Waals surface area contributed by atoms with Crippen molar-refractivity contribution in [2.75, 3.05) is 42.3 Å². The molecule has 2 N–H and O–H groups in total. The number of alkyl halides is 2. The number of hydrogen-bond acceptors (Lipinski definition) is 7. The highest BCUT2D eigenvalue weighted by Crippen LogP contribution is 2.05. The molecule has 18 heavy (non-hydrogen) atoms. The molecule has 0 aromatic rings. The van der Waals surface area contributed by atoms with E-state index in [9.17, 15) is 13.6 Å². The Balaban J connectivity index is 0. The quantitative estimate of drug-likeness (QED) is 0.451. The molecule has 0 fully saturated rings. The van der Waals surface area contributed by atoms with Crippen LogP contribution < -0.4 is 4.80 Å². The molecule has 0 aliphatic carbocycles. The first kappa shape index (κ1) is 20.5. The van der Waals surface area contributed by atoms with Crippen LogP contribution in [0, 0.1) is 0 Å². The van der Waals surface area contributed by atoms with Crippen molar-refractivity contribution in [2.24, 2.45) is 0 Å². The summed E-state index contributed by atoms with van der Waals surface area (Å²) in [6.07, 6.45) is 0. The smallest absolute Gasteiger partial charge is 0.411 e. The van der Waals surface area contributed by atoms with Crippen molar-refractivity contribution in [1.29, 1.82) is 0 Å². The molecule has 0 aliphatic rings. The zero-order valence-electron chi connectivity index (χ0n) is 11.3. The van der Waals surface area contributed by atoms with Gasteiger partial charge in [0.05, 0.1) is 0 Å². The molecule has 0 saturated heterocycles. The maximum atomic E-state index is 10.8. The topological polar surface area (TPSA) is 82.5 Å². The van der Waals surface area contributed by atoms with Crippen molar-refractivity contribution in [3.63, 3.8) is 0 Å². The summed E-state index contributed by atoms with van der Waals surface area (Å²) < 4.78 is 31.0. The molecule has 7 nitrogen and oxygen atoms in total. The molecule has 0 aliphatic heterocycles. The Morgan fingerprint density at radius 2 is 1.28 bits per heavy atom. The van der Waals surface area contributed by atoms with Crippen LogP contribution in [0.1, 0.15) is 0 Å². The second-order valence-corrected chi connectivity index (χ2v) is 7.62. The second kappa shape index (κ2) is 9.11. The molecule has 0 rings (SSSR count). The van der Waals surface area contributed by atoms with Crippen molar-refractivity contribution in [1.82, 2.24) is 12.9 Å². The number of halogens is 2.